The summed E-state index contributed by atoms with van der Waals surface area (Å²) in [4.78, 5) is 17.3. The second-order valence-electron chi connectivity index (χ2n) is 5.72. The number of methoxy groups -OCH3 is 1. The molecule has 25 heavy (non-hydrogen) atoms. The zero-order valence-corrected chi connectivity index (χ0v) is 14.4. The molecule has 0 bridgehead atoms. The molecule has 2 rings (SSSR count). The van der Waals surface area contributed by atoms with Crippen molar-refractivity contribution in [2.45, 2.75) is 25.4 Å². The van der Waals surface area contributed by atoms with Crippen LogP contribution in [-0.2, 0) is 11.3 Å². The lowest BCUT2D eigenvalue weighted by molar-refractivity contribution is 0.111. The van der Waals surface area contributed by atoms with Gasteiger partial charge in [0.1, 0.15) is 5.82 Å². The molecule has 0 radical (unpaired) electrons. The first-order valence-electron chi connectivity index (χ1n) is 8.06. The summed E-state index contributed by atoms with van der Waals surface area (Å²) >= 11 is 0. The number of nitrogens with one attached hydrogen (secondary N) is 2. The van der Waals surface area contributed by atoms with Crippen LogP contribution in [0.2, 0.25) is 0 Å². The van der Waals surface area contributed by atoms with Crippen LogP contribution in [0.25, 0.3) is 0 Å². The number of amides is 1. The molecule has 1 saturated heterocycles. The molecule has 1 heterocycles. The number of hydrogen-bond donors (Lipinski definition) is 2. The summed E-state index contributed by atoms with van der Waals surface area (Å²) in [5.41, 5.74) is 0.753. The van der Waals surface area contributed by atoms with Gasteiger partial charge in [-0.05, 0) is 25.0 Å². The molecule has 0 aliphatic carbocycles. The van der Waals surface area contributed by atoms with Gasteiger partial charge in [-0.2, -0.15) is 5.26 Å². The van der Waals surface area contributed by atoms with E-state index in [4.69, 9.17) is 10.00 Å². The molecular formula is C17H22FN5O2. The van der Waals surface area contributed by atoms with E-state index in [0.717, 1.165) is 12.8 Å². The highest BCUT2D eigenvalue weighted by atomic mass is 19.1. The molecule has 0 spiro atoms. The quantitative estimate of drug-likeness (QED) is 0.640. The third-order valence-electron chi connectivity index (χ3n) is 4.12. The average molecular weight is 347 g/mol. The Hall–Kier alpha value is -2.82. The molecular weight excluding hydrogens is 325 g/mol. The highest BCUT2D eigenvalue weighted by Gasteiger charge is 2.23. The molecule has 2 N–H and O–H groups in total. The number of aliphatic imine (C=N–C) groups is 1. The summed E-state index contributed by atoms with van der Waals surface area (Å²) in [6.07, 6.45) is 1.25. The summed E-state index contributed by atoms with van der Waals surface area (Å²) in [7, 11) is 3.02. The van der Waals surface area contributed by atoms with Gasteiger partial charge in [0.25, 0.3) is 0 Å². The van der Waals surface area contributed by atoms with Crippen LogP contribution in [0.5, 0.6) is 0 Å². The fourth-order valence-corrected chi connectivity index (χ4v) is 2.66. The molecule has 1 aromatic carbocycles. The monoisotopic (exact) mass is 347 g/mol. The third kappa shape index (κ3) is 5.08. The van der Waals surface area contributed by atoms with E-state index in [0.29, 0.717) is 30.2 Å². The Bertz CT molecular complexity index is 678. The van der Waals surface area contributed by atoms with Crippen molar-refractivity contribution in [3.8, 4) is 6.07 Å². The first-order valence-corrected chi connectivity index (χ1v) is 8.06. The first-order chi connectivity index (χ1) is 12.1. The van der Waals surface area contributed by atoms with E-state index in [2.05, 4.69) is 15.6 Å². The summed E-state index contributed by atoms with van der Waals surface area (Å²) in [6, 6.07) is 6.47. The van der Waals surface area contributed by atoms with Gasteiger partial charge in [-0.25, -0.2) is 9.18 Å². The van der Waals surface area contributed by atoms with Crippen molar-refractivity contribution >= 4 is 12.1 Å². The summed E-state index contributed by atoms with van der Waals surface area (Å²) in [5.74, 6) is 0.147. The van der Waals surface area contributed by atoms with Crippen molar-refractivity contribution < 1.29 is 13.9 Å². The van der Waals surface area contributed by atoms with E-state index in [1.165, 1.54) is 13.2 Å². The van der Waals surface area contributed by atoms with Crippen LogP contribution in [0.3, 0.4) is 0 Å². The zero-order chi connectivity index (χ0) is 18.2. The number of nitriles is 1. The molecule has 1 fully saturated rings. The molecule has 0 saturated carbocycles. The van der Waals surface area contributed by atoms with E-state index in [-0.39, 0.29) is 18.7 Å². The fourth-order valence-electron chi connectivity index (χ4n) is 2.66. The lowest BCUT2D eigenvalue weighted by Crippen LogP contribution is -2.49. The average Bonchev–Trinajstić information content (AvgIpc) is 2.65. The van der Waals surface area contributed by atoms with Crippen molar-refractivity contribution in [2.75, 3.05) is 27.2 Å². The van der Waals surface area contributed by atoms with E-state index in [1.807, 2.05) is 6.07 Å². The Kier molecular flexibility index (Phi) is 6.57. The molecule has 1 amide bonds. The van der Waals surface area contributed by atoms with E-state index >= 15 is 0 Å². The predicted molar refractivity (Wildman–Crippen MR) is 91.4 cm³/mol. The van der Waals surface area contributed by atoms with Crippen LogP contribution >= 0.6 is 0 Å². The maximum Gasteiger partial charge on any atom is 0.409 e. The largest absolute Gasteiger partial charge is 0.453 e. The van der Waals surface area contributed by atoms with Crippen molar-refractivity contribution in [2.24, 2.45) is 4.99 Å². The third-order valence-corrected chi connectivity index (χ3v) is 4.12. The van der Waals surface area contributed by atoms with Crippen molar-refractivity contribution in [1.29, 1.82) is 5.26 Å². The van der Waals surface area contributed by atoms with Crippen LogP contribution in [0, 0.1) is 17.1 Å². The van der Waals surface area contributed by atoms with Crippen molar-refractivity contribution in [3.05, 3.63) is 35.1 Å². The van der Waals surface area contributed by atoms with Crippen LogP contribution in [0.1, 0.15) is 24.0 Å². The maximum absolute atomic E-state index is 13.9. The molecule has 1 aliphatic rings. The minimum Gasteiger partial charge on any atom is -0.453 e. The Morgan fingerprint density at radius 3 is 2.76 bits per heavy atom. The summed E-state index contributed by atoms with van der Waals surface area (Å²) in [6.45, 7) is 1.50. The van der Waals surface area contributed by atoms with E-state index in [9.17, 15) is 9.18 Å². The SMILES string of the molecule is CN=C(NCc1ccc(C#N)cc1F)NC1CCN(C(=O)OC)CC1. The van der Waals surface area contributed by atoms with Gasteiger partial charge in [0, 0.05) is 38.3 Å². The lowest BCUT2D eigenvalue weighted by Gasteiger charge is -2.32. The molecule has 8 heteroatoms. The van der Waals surface area contributed by atoms with Gasteiger partial charge in [-0.15, -0.1) is 0 Å². The summed E-state index contributed by atoms with van der Waals surface area (Å²) < 4.78 is 18.6. The Morgan fingerprint density at radius 2 is 2.20 bits per heavy atom. The molecule has 7 nitrogen and oxygen atoms in total. The molecule has 1 aliphatic heterocycles. The number of nitrogens with zero attached hydrogens (tertiary/aromatic N) is 3. The maximum atomic E-state index is 13.9. The van der Waals surface area contributed by atoms with Gasteiger partial charge in [0.2, 0.25) is 0 Å². The van der Waals surface area contributed by atoms with Gasteiger partial charge in [0.05, 0.1) is 18.7 Å². The number of rotatable bonds is 3. The number of hydrogen-bond acceptors (Lipinski definition) is 4. The van der Waals surface area contributed by atoms with Gasteiger partial charge in [-0.1, -0.05) is 6.07 Å². The van der Waals surface area contributed by atoms with Gasteiger partial charge < -0.3 is 20.3 Å². The molecule has 0 unspecified atom stereocenters. The normalized spacial score (nSPS) is 15.4. The number of guanidine groups is 1. The second-order valence-corrected chi connectivity index (χ2v) is 5.72. The van der Waals surface area contributed by atoms with Gasteiger partial charge in [-0.3, -0.25) is 4.99 Å². The van der Waals surface area contributed by atoms with Crippen LogP contribution in [0.4, 0.5) is 9.18 Å². The molecule has 134 valence electrons. The second kappa shape index (κ2) is 8.87. The van der Waals surface area contributed by atoms with E-state index < -0.39 is 5.82 Å². The van der Waals surface area contributed by atoms with Crippen molar-refractivity contribution in [1.82, 2.24) is 15.5 Å². The predicted octanol–water partition coefficient (Wildman–Crippen LogP) is 1.59. The number of benzene rings is 1. The number of likely N-dealkylation sites (tertiary alicyclic amines) is 1. The number of piperidine rings is 1. The first kappa shape index (κ1) is 18.5. The lowest BCUT2D eigenvalue weighted by atomic mass is 10.1. The highest BCUT2D eigenvalue weighted by molar-refractivity contribution is 5.80. The fraction of sp³-hybridized carbons (Fsp3) is 0.471. The molecule has 0 aromatic heterocycles. The van der Waals surface area contributed by atoms with Crippen LogP contribution in [0.15, 0.2) is 23.2 Å². The van der Waals surface area contributed by atoms with Crippen LogP contribution in [-0.4, -0.2) is 50.2 Å². The van der Waals surface area contributed by atoms with Gasteiger partial charge in [0.15, 0.2) is 5.96 Å². The smallest absolute Gasteiger partial charge is 0.409 e. The van der Waals surface area contributed by atoms with Crippen molar-refractivity contribution in [3.63, 3.8) is 0 Å². The Balaban J connectivity index is 1.84. The zero-order valence-electron chi connectivity index (χ0n) is 14.4. The topological polar surface area (TPSA) is 89.8 Å². The highest BCUT2D eigenvalue weighted by Crippen LogP contribution is 2.12. The molecule has 1 aromatic rings. The standard InChI is InChI=1S/C17H22FN5O2/c1-20-16(21-11-13-4-3-12(10-19)9-15(13)18)22-14-5-7-23(8-6-14)17(24)25-2/h3-4,9,14H,5-8,11H2,1-2H3,(H2,20,21,22). The number of carbonyl (C=O) groups is 1. The minimum atomic E-state index is -0.423. The number of carbonyl (C=O) groups excluding carboxylic acids is 1. The minimum absolute atomic E-state index is 0.179. The van der Waals surface area contributed by atoms with Gasteiger partial charge >= 0.3 is 6.09 Å². The Morgan fingerprint density at radius 1 is 1.48 bits per heavy atom. The van der Waals surface area contributed by atoms with Crippen LogP contribution < -0.4 is 10.6 Å². The number of ether oxygens (including phenoxy) is 1. The van der Waals surface area contributed by atoms with E-state index in [1.54, 1.807) is 24.1 Å². The molecule has 0 atom stereocenters. The Labute approximate surface area is 146 Å². The number of halogens is 1. The summed E-state index contributed by atoms with van der Waals surface area (Å²) in [5, 5.41) is 15.1.